The molecule has 0 aliphatic carbocycles. The lowest BCUT2D eigenvalue weighted by Crippen LogP contribution is -1.97. The van der Waals surface area contributed by atoms with Crippen LogP contribution in [0.15, 0.2) is 10.6 Å². The van der Waals surface area contributed by atoms with Gasteiger partial charge in [0.1, 0.15) is 0 Å². The average molecular weight is 253 g/mol. The second kappa shape index (κ2) is 4.20. The van der Waals surface area contributed by atoms with Crippen LogP contribution in [0, 0.1) is 0 Å². The number of hydrogen-bond acceptors (Lipinski definition) is 6. The maximum Gasteiger partial charge on any atom is 0.268 e. The lowest BCUT2D eigenvalue weighted by molar-refractivity contribution is 0.423. The van der Waals surface area contributed by atoms with Gasteiger partial charge in [-0.15, -0.1) is 11.3 Å². The zero-order valence-electron chi connectivity index (χ0n) is 8.60. The van der Waals surface area contributed by atoms with Crippen LogP contribution in [-0.4, -0.2) is 15.9 Å². The number of aryl methyl sites for hydroxylation is 1. The summed E-state index contributed by atoms with van der Waals surface area (Å²) in [5.74, 6) is 3.48. The molecule has 0 radical (unpaired) electrons. The summed E-state index contributed by atoms with van der Waals surface area (Å²) in [5, 5.41) is 3.81. The van der Waals surface area contributed by atoms with Gasteiger partial charge < -0.3 is 10.3 Å². The molecule has 0 amide bonds. The van der Waals surface area contributed by atoms with Crippen LogP contribution in [0.4, 0.5) is 0 Å². The molecule has 84 valence electrons. The molecule has 3 rings (SSSR count). The zero-order valence-corrected chi connectivity index (χ0v) is 10.2. The Bertz CT molecular complexity index is 482. The van der Waals surface area contributed by atoms with Crippen LogP contribution in [0.1, 0.15) is 16.3 Å². The molecule has 0 unspecified atom stereocenters. The molecule has 2 N–H and O–H groups in total. The van der Waals surface area contributed by atoms with E-state index in [1.165, 1.54) is 16.2 Å². The zero-order chi connectivity index (χ0) is 11.0. The van der Waals surface area contributed by atoms with Gasteiger partial charge in [-0.1, -0.05) is 5.16 Å². The van der Waals surface area contributed by atoms with E-state index in [0.29, 0.717) is 18.3 Å². The maximum absolute atomic E-state index is 5.45. The molecular formula is C10H11N3OS2. The van der Waals surface area contributed by atoms with Crippen LogP contribution in [-0.2, 0) is 18.7 Å². The number of thioether (sulfide) groups is 1. The molecule has 0 saturated carbocycles. The van der Waals surface area contributed by atoms with E-state index in [1.54, 1.807) is 11.3 Å². The number of nitrogens with two attached hydrogens (primary N) is 1. The molecule has 1 aliphatic rings. The van der Waals surface area contributed by atoms with Crippen molar-refractivity contribution in [3.63, 3.8) is 0 Å². The monoisotopic (exact) mass is 253 g/mol. The Labute approximate surface area is 101 Å². The summed E-state index contributed by atoms with van der Waals surface area (Å²) in [6.45, 7) is 0.324. The molecule has 6 heteroatoms. The Morgan fingerprint density at radius 3 is 3.19 bits per heavy atom. The molecule has 0 aromatic carbocycles. The highest BCUT2D eigenvalue weighted by Gasteiger charge is 2.17. The van der Waals surface area contributed by atoms with Crippen molar-refractivity contribution in [2.45, 2.75) is 18.7 Å². The fourth-order valence-corrected chi connectivity index (χ4v) is 3.98. The third-order valence-electron chi connectivity index (χ3n) is 2.49. The minimum atomic E-state index is 0.324. The summed E-state index contributed by atoms with van der Waals surface area (Å²) in [6.07, 6.45) is 1.16. The van der Waals surface area contributed by atoms with Crippen LogP contribution in [0.5, 0.6) is 0 Å². The predicted molar refractivity (Wildman–Crippen MR) is 65.4 cm³/mol. The largest absolute Gasteiger partial charge is 0.333 e. The smallest absolute Gasteiger partial charge is 0.268 e. The first-order valence-electron chi connectivity index (χ1n) is 5.09. The molecule has 4 nitrogen and oxygen atoms in total. The molecular weight excluding hydrogens is 242 g/mol. The number of thiophene rings is 1. The Hall–Kier alpha value is -0.850. The Morgan fingerprint density at radius 2 is 2.44 bits per heavy atom. The van der Waals surface area contributed by atoms with E-state index < -0.39 is 0 Å². The van der Waals surface area contributed by atoms with E-state index in [1.807, 2.05) is 11.8 Å². The van der Waals surface area contributed by atoms with E-state index in [-0.39, 0.29) is 0 Å². The van der Waals surface area contributed by atoms with Gasteiger partial charge in [0.05, 0.1) is 11.4 Å². The predicted octanol–water partition coefficient (Wildman–Crippen LogP) is 2.05. The van der Waals surface area contributed by atoms with Gasteiger partial charge in [-0.3, -0.25) is 0 Å². The van der Waals surface area contributed by atoms with Gasteiger partial charge in [-0.2, -0.15) is 16.7 Å². The molecule has 0 atom stereocenters. The first-order valence-corrected chi connectivity index (χ1v) is 7.06. The highest BCUT2D eigenvalue weighted by molar-refractivity contribution is 7.98. The van der Waals surface area contributed by atoms with Crippen molar-refractivity contribution in [3.8, 4) is 10.8 Å². The summed E-state index contributed by atoms with van der Waals surface area (Å²) in [4.78, 5) is 6.77. The van der Waals surface area contributed by atoms with Crippen molar-refractivity contribution in [1.82, 2.24) is 10.1 Å². The number of nitrogens with zero attached hydrogens (tertiary/aromatic N) is 2. The first kappa shape index (κ1) is 10.3. The minimum absolute atomic E-state index is 0.324. The fourth-order valence-electron chi connectivity index (χ4n) is 1.69. The lowest BCUT2D eigenvalue weighted by Gasteiger charge is -2.08. The summed E-state index contributed by atoms with van der Waals surface area (Å²) < 4.78 is 5.18. The molecule has 0 fully saturated rings. The third-order valence-corrected chi connectivity index (χ3v) is 4.72. The van der Waals surface area contributed by atoms with E-state index >= 15 is 0 Å². The number of rotatable bonds is 2. The van der Waals surface area contributed by atoms with Gasteiger partial charge in [0, 0.05) is 10.6 Å². The minimum Gasteiger partial charge on any atom is -0.333 e. The Morgan fingerprint density at radius 1 is 1.50 bits per heavy atom. The lowest BCUT2D eigenvalue weighted by atomic mass is 10.2. The van der Waals surface area contributed by atoms with E-state index in [2.05, 4.69) is 16.2 Å². The van der Waals surface area contributed by atoms with Crippen molar-refractivity contribution < 1.29 is 4.52 Å². The van der Waals surface area contributed by atoms with E-state index in [0.717, 1.165) is 17.1 Å². The number of aromatic nitrogens is 2. The van der Waals surface area contributed by atoms with Crippen molar-refractivity contribution in [3.05, 3.63) is 22.3 Å². The van der Waals surface area contributed by atoms with Gasteiger partial charge in [0.15, 0.2) is 5.82 Å². The van der Waals surface area contributed by atoms with E-state index in [9.17, 15) is 0 Å². The van der Waals surface area contributed by atoms with Crippen molar-refractivity contribution in [2.75, 3.05) is 5.75 Å². The summed E-state index contributed by atoms with van der Waals surface area (Å²) in [7, 11) is 0. The van der Waals surface area contributed by atoms with Crippen LogP contribution in [0.3, 0.4) is 0 Å². The van der Waals surface area contributed by atoms with Crippen LogP contribution >= 0.6 is 23.1 Å². The topological polar surface area (TPSA) is 64.9 Å². The van der Waals surface area contributed by atoms with Gasteiger partial charge in [-0.05, 0) is 23.8 Å². The van der Waals surface area contributed by atoms with Crippen LogP contribution in [0.2, 0.25) is 0 Å². The molecule has 1 aliphatic heterocycles. The summed E-state index contributed by atoms with van der Waals surface area (Å²) >= 11 is 3.74. The van der Waals surface area contributed by atoms with Crippen molar-refractivity contribution >= 4 is 23.1 Å². The molecule has 16 heavy (non-hydrogen) atoms. The van der Waals surface area contributed by atoms with Crippen LogP contribution in [0.25, 0.3) is 10.8 Å². The first-order chi connectivity index (χ1) is 7.86. The fraction of sp³-hybridized carbons (Fsp3) is 0.400. The van der Waals surface area contributed by atoms with E-state index in [4.69, 9.17) is 10.3 Å². The molecule has 3 heterocycles. The van der Waals surface area contributed by atoms with Crippen molar-refractivity contribution in [2.24, 2.45) is 5.73 Å². The Kier molecular flexibility index (Phi) is 2.70. The molecule has 2 aromatic heterocycles. The third kappa shape index (κ3) is 1.77. The van der Waals surface area contributed by atoms with Gasteiger partial charge >= 0.3 is 0 Å². The molecule has 0 saturated heterocycles. The molecule has 0 spiro atoms. The summed E-state index contributed by atoms with van der Waals surface area (Å²) in [6, 6.07) is 2.17. The molecule has 2 aromatic rings. The Balaban J connectivity index is 1.96. The second-order valence-corrected chi connectivity index (χ2v) is 5.82. The van der Waals surface area contributed by atoms with Gasteiger partial charge in [-0.25, -0.2) is 0 Å². The number of hydrogen-bond donors (Lipinski definition) is 1. The average Bonchev–Trinajstić information content (AvgIpc) is 2.95. The summed E-state index contributed by atoms with van der Waals surface area (Å²) in [5.41, 5.74) is 6.87. The highest BCUT2D eigenvalue weighted by Crippen LogP contribution is 2.36. The van der Waals surface area contributed by atoms with Crippen LogP contribution < -0.4 is 5.73 Å². The number of fused-ring (bicyclic) bond motifs is 1. The van der Waals surface area contributed by atoms with Gasteiger partial charge in [0.2, 0.25) is 0 Å². The standard InChI is InChI=1S/C10H11N3OS2/c11-4-9-12-10(14-13-9)8-3-6-5-15-2-1-7(6)16-8/h3H,1-2,4-5,11H2. The normalized spacial score (nSPS) is 15.1. The van der Waals surface area contributed by atoms with Gasteiger partial charge in [0.25, 0.3) is 5.89 Å². The quantitative estimate of drug-likeness (QED) is 0.887. The second-order valence-electron chi connectivity index (χ2n) is 3.58. The molecule has 0 bridgehead atoms. The van der Waals surface area contributed by atoms with Crippen molar-refractivity contribution in [1.29, 1.82) is 0 Å². The highest BCUT2D eigenvalue weighted by atomic mass is 32.2. The SMILES string of the molecule is NCc1noc(-c2cc3c(s2)CCSC3)n1. The maximum atomic E-state index is 5.45.